The van der Waals surface area contributed by atoms with Crippen molar-refractivity contribution in [3.63, 3.8) is 0 Å². The lowest BCUT2D eigenvalue weighted by atomic mass is 9.95. The third kappa shape index (κ3) is 5.38. The van der Waals surface area contributed by atoms with Gasteiger partial charge in [0.2, 0.25) is 0 Å². The zero-order chi connectivity index (χ0) is 27.4. The highest BCUT2D eigenvalue weighted by molar-refractivity contribution is 6.46. The van der Waals surface area contributed by atoms with E-state index in [4.69, 9.17) is 9.47 Å². The third-order valence-corrected chi connectivity index (χ3v) is 6.83. The van der Waals surface area contributed by atoms with Crippen molar-refractivity contribution < 1.29 is 24.2 Å². The van der Waals surface area contributed by atoms with Gasteiger partial charge in [0.15, 0.2) is 0 Å². The standard InChI is InChI=1S/C32H28N2O5/c1-21-6-3-4-8-25(21)20-39-27-15-11-24(12-16-27)30(35)28-29(23-9-13-26(38-2)14-10-23)34(32(37)31(28)36)19-22-7-5-17-33-18-22/h3-18,29,35H,19-20H2,1-2H3. The summed E-state index contributed by atoms with van der Waals surface area (Å²) in [5.74, 6) is -0.396. The van der Waals surface area contributed by atoms with Crippen molar-refractivity contribution in [2.75, 3.05) is 7.11 Å². The van der Waals surface area contributed by atoms with Crippen molar-refractivity contribution >= 4 is 17.4 Å². The van der Waals surface area contributed by atoms with Crippen LogP contribution in [-0.4, -0.2) is 33.8 Å². The Morgan fingerprint density at radius 3 is 2.31 bits per heavy atom. The van der Waals surface area contributed by atoms with E-state index in [1.165, 1.54) is 4.90 Å². The van der Waals surface area contributed by atoms with Crippen LogP contribution in [0.15, 0.2) is 103 Å². The molecule has 2 heterocycles. The maximum atomic E-state index is 13.3. The van der Waals surface area contributed by atoms with Gasteiger partial charge in [0.05, 0.1) is 18.7 Å². The van der Waals surface area contributed by atoms with Crippen LogP contribution >= 0.6 is 0 Å². The van der Waals surface area contributed by atoms with Gasteiger partial charge >= 0.3 is 0 Å². The molecule has 3 aromatic carbocycles. The first-order valence-electron chi connectivity index (χ1n) is 12.6. The molecule has 1 fully saturated rings. The number of Topliss-reactive ketones (excluding diaryl/α,β-unsaturated/α-hetero) is 1. The maximum absolute atomic E-state index is 13.3. The minimum atomic E-state index is -0.784. The van der Waals surface area contributed by atoms with Crippen LogP contribution in [0.4, 0.5) is 0 Å². The van der Waals surface area contributed by atoms with Crippen molar-refractivity contribution in [1.82, 2.24) is 9.88 Å². The molecular formula is C32H28N2O5. The van der Waals surface area contributed by atoms with Crippen LogP contribution in [-0.2, 0) is 22.7 Å². The molecule has 1 unspecified atom stereocenters. The summed E-state index contributed by atoms with van der Waals surface area (Å²) in [6.45, 7) is 2.61. The highest BCUT2D eigenvalue weighted by atomic mass is 16.5. The Bertz CT molecular complexity index is 1510. The second-order valence-corrected chi connectivity index (χ2v) is 9.30. The number of hydrogen-bond acceptors (Lipinski definition) is 6. The van der Waals surface area contributed by atoms with E-state index < -0.39 is 17.7 Å². The molecule has 1 atom stereocenters. The monoisotopic (exact) mass is 520 g/mol. The number of likely N-dealkylation sites (tertiary alicyclic amines) is 1. The van der Waals surface area contributed by atoms with E-state index in [1.54, 1.807) is 74.1 Å². The molecule has 7 heteroatoms. The summed E-state index contributed by atoms with van der Waals surface area (Å²) in [6.07, 6.45) is 3.30. The number of aromatic nitrogens is 1. The molecule has 0 radical (unpaired) electrons. The van der Waals surface area contributed by atoms with Gasteiger partial charge in [-0.1, -0.05) is 42.5 Å². The molecule has 0 spiro atoms. The van der Waals surface area contributed by atoms with Gasteiger partial charge in [-0.3, -0.25) is 14.6 Å². The van der Waals surface area contributed by atoms with Crippen molar-refractivity contribution in [3.05, 3.63) is 131 Å². The molecule has 1 aliphatic heterocycles. The Kier molecular flexibility index (Phi) is 7.41. The summed E-state index contributed by atoms with van der Waals surface area (Å²) in [5.41, 5.74) is 4.12. The first kappa shape index (κ1) is 25.7. The first-order valence-corrected chi connectivity index (χ1v) is 12.6. The molecule has 5 rings (SSSR count). The molecule has 39 heavy (non-hydrogen) atoms. The molecule has 1 amide bonds. The van der Waals surface area contributed by atoms with Crippen molar-refractivity contribution in [2.24, 2.45) is 0 Å². The molecule has 1 N–H and O–H groups in total. The molecule has 4 aromatic rings. The van der Waals surface area contributed by atoms with Crippen LogP contribution in [0.25, 0.3) is 5.76 Å². The number of rotatable bonds is 8. The normalized spacial score (nSPS) is 16.4. The fraction of sp³-hybridized carbons (Fsp3) is 0.156. The Morgan fingerprint density at radius 1 is 0.923 bits per heavy atom. The highest BCUT2D eigenvalue weighted by Crippen LogP contribution is 2.40. The molecule has 196 valence electrons. The smallest absolute Gasteiger partial charge is 0.295 e. The fourth-order valence-electron chi connectivity index (χ4n) is 4.66. The number of pyridine rings is 1. The van der Waals surface area contributed by atoms with Gasteiger partial charge in [0.1, 0.15) is 23.9 Å². The molecular weight excluding hydrogens is 492 g/mol. The summed E-state index contributed by atoms with van der Waals surface area (Å²) >= 11 is 0. The molecule has 0 saturated carbocycles. The number of nitrogens with zero attached hydrogens (tertiary/aromatic N) is 2. The van der Waals surface area contributed by atoms with E-state index in [2.05, 4.69) is 4.98 Å². The molecule has 1 saturated heterocycles. The highest BCUT2D eigenvalue weighted by Gasteiger charge is 2.46. The summed E-state index contributed by atoms with van der Waals surface area (Å²) in [7, 11) is 1.57. The van der Waals surface area contributed by atoms with E-state index in [9.17, 15) is 14.7 Å². The average Bonchev–Trinajstić information content (AvgIpc) is 3.22. The number of ether oxygens (including phenoxy) is 2. The van der Waals surface area contributed by atoms with Gasteiger partial charge in [-0.2, -0.15) is 0 Å². The molecule has 7 nitrogen and oxygen atoms in total. The lowest BCUT2D eigenvalue weighted by Crippen LogP contribution is -2.29. The summed E-state index contributed by atoms with van der Waals surface area (Å²) < 4.78 is 11.2. The van der Waals surface area contributed by atoms with Gasteiger partial charge in [0.25, 0.3) is 11.7 Å². The number of methoxy groups -OCH3 is 1. The van der Waals surface area contributed by atoms with Crippen LogP contribution in [0.2, 0.25) is 0 Å². The zero-order valence-electron chi connectivity index (χ0n) is 21.7. The topological polar surface area (TPSA) is 89.0 Å². The third-order valence-electron chi connectivity index (χ3n) is 6.83. The van der Waals surface area contributed by atoms with Crippen LogP contribution in [0, 0.1) is 6.92 Å². The second kappa shape index (κ2) is 11.2. The van der Waals surface area contributed by atoms with Crippen LogP contribution in [0.3, 0.4) is 0 Å². The first-order chi connectivity index (χ1) is 19.0. The van der Waals surface area contributed by atoms with Gasteiger partial charge in [-0.15, -0.1) is 0 Å². The van der Waals surface area contributed by atoms with Crippen molar-refractivity contribution in [2.45, 2.75) is 26.1 Å². The lowest BCUT2D eigenvalue weighted by molar-refractivity contribution is -0.140. The number of aliphatic hydroxyl groups is 1. The van der Waals surface area contributed by atoms with E-state index in [0.29, 0.717) is 29.2 Å². The van der Waals surface area contributed by atoms with Crippen molar-refractivity contribution in [1.29, 1.82) is 0 Å². The fourth-order valence-corrected chi connectivity index (χ4v) is 4.66. The lowest BCUT2D eigenvalue weighted by Gasteiger charge is -2.25. The van der Waals surface area contributed by atoms with E-state index >= 15 is 0 Å². The summed E-state index contributed by atoms with van der Waals surface area (Å²) in [6, 6.07) is 24.8. The van der Waals surface area contributed by atoms with Gasteiger partial charge in [-0.25, -0.2) is 0 Å². The van der Waals surface area contributed by atoms with Gasteiger partial charge in [0, 0.05) is 24.5 Å². The average molecular weight is 521 g/mol. The van der Waals surface area contributed by atoms with E-state index in [0.717, 1.165) is 16.7 Å². The largest absolute Gasteiger partial charge is 0.507 e. The number of hydrogen-bond donors (Lipinski definition) is 1. The number of carbonyl (C=O) groups excluding carboxylic acids is 2. The van der Waals surface area contributed by atoms with Gasteiger partial charge in [-0.05, 0) is 71.6 Å². The van der Waals surface area contributed by atoms with Crippen LogP contribution in [0.1, 0.15) is 33.9 Å². The Morgan fingerprint density at radius 2 is 1.64 bits per heavy atom. The van der Waals surface area contributed by atoms with E-state index in [-0.39, 0.29) is 17.9 Å². The summed E-state index contributed by atoms with van der Waals surface area (Å²) in [4.78, 5) is 32.1. The molecule has 1 aliphatic rings. The minimum absolute atomic E-state index is 0.0302. The SMILES string of the molecule is COc1ccc(C2C(=C(O)c3ccc(OCc4ccccc4C)cc3)C(=O)C(=O)N2Cc2cccnc2)cc1. The number of aliphatic hydroxyl groups excluding tert-OH is 1. The Hall–Kier alpha value is -4.91. The molecule has 0 bridgehead atoms. The molecule has 1 aromatic heterocycles. The number of amides is 1. The summed E-state index contributed by atoms with van der Waals surface area (Å²) in [5, 5.41) is 11.4. The Balaban J connectivity index is 1.48. The van der Waals surface area contributed by atoms with Crippen LogP contribution in [0.5, 0.6) is 11.5 Å². The second-order valence-electron chi connectivity index (χ2n) is 9.30. The quantitative estimate of drug-likeness (QED) is 0.185. The maximum Gasteiger partial charge on any atom is 0.295 e. The number of carbonyl (C=O) groups is 2. The molecule has 0 aliphatic carbocycles. The van der Waals surface area contributed by atoms with Gasteiger partial charge < -0.3 is 19.5 Å². The predicted molar refractivity (Wildman–Crippen MR) is 147 cm³/mol. The van der Waals surface area contributed by atoms with E-state index in [1.807, 2.05) is 37.3 Å². The number of ketones is 1. The van der Waals surface area contributed by atoms with Crippen molar-refractivity contribution in [3.8, 4) is 11.5 Å². The Labute approximate surface area is 227 Å². The zero-order valence-corrected chi connectivity index (χ0v) is 21.7. The number of aryl methyl sites for hydroxylation is 1. The number of benzene rings is 3. The predicted octanol–water partition coefficient (Wildman–Crippen LogP) is 5.60. The minimum Gasteiger partial charge on any atom is -0.507 e. The van der Waals surface area contributed by atoms with Crippen LogP contribution < -0.4 is 9.47 Å².